The van der Waals surface area contributed by atoms with E-state index >= 15 is 0 Å². The molecule has 2 nitrogen and oxygen atoms in total. The predicted octanol–water partition coefficient (Wildman–Crippen LogP) is 2.76. The zero-order valence-corrected chi connectivity index (χ0v) is 8.59. The molecule has 0 aliphatic heterocycles. The van der Waals surface area contributed by atoms with E-state index in [1.807, 2.05) is 20.8 Å². The fourth-order valence-electron chi connectivity index (χ4n) is 0.949. The second-order valence-corrected chi connectivity index (χ2v) is 3.35. The van der Waals surface area contributed by atoms with Gasteiger partial charge in [-0.1, -0.05) is 27.2 Å². The van der Waals surface area contributed by atoms with E-state index in [1.165, 1.54) is 0 Å². The molecule has 0 N–H and O–H groups in total. The van der Waals surface area contributed by atoms with E-state index in [2.05, 4.69) is 6.92 Å². The number of ether oxygens (including phenoxy) is 1. The van der Waals surface area contributed by atoms with E-state index < -0.39 is 0 Å². The van der Waals surface area contributed by atoms with Crippen LogP contribution in [0.5, 0.6) is 0 Å². The van der Waals surface area contributed by atoms with E-state index in [-0.39, 0.29) is 18.0 Å². The fourth-order valence-corrected chi connectivity index (χ4v) is 0.949. The maximum Gasteiger partial charge on any atom is 0.308 e. The van der Waals surface area contributed by atoms with Crippen molar-refractivity contribution in [3.8, 4) is 0 Å². The summed E-state index contributed by atoms with van der Waals surface area (Å²) in [5.41, 5.74) is 0. The summed E-state index contributed by atoms with van der Waals surface area (Å²) in [5, 5.41) is 0. The van der Waals surface area contributed by atoms with Gasteiger partial charge in [0.05, 0.1) is 12.0 Å². The van der Waals surface area contributed by atoms with Crippen molar-refractivity contribution in [1.29, 1.82) is 0 Å². The lowest BCUT2D eigenvalue weighted by Gasteiger charge is -2.14. The van der Waals surface area contributed by atoms with Gasteiger partial charge in [0, 0.05) is 0 Å². The summed E-state index contributed by atoms with van der Waals surface area (Å²) in [7, 11) is 0. The van der Waals surface area contributed by atoms with Crippen LogP contribution >= 0.6 is 0 Å². The average Bonchev–Trinajstić information content (AvgIpc) is 2.04. The van der Waals surface area contributed by atoms with Crippen LogP contribution in [0.15, 0.2) is 0 Å². The summed E-state index contributed by atoms with van der Waals surface area (Å²) < 4.78 is 5.17. The first-order chi connectivity index (χ1) is 5.61. The Balaban J connectivity index is 3.70. The average molecular weight is 172 g/mol. The summed E-state index contributed by atoms with van der Waals surface area (Å²) in [5.74, 6) is 0.00944. The van der Waals surface area contributed by atoms with Gasteiger partial charge in [-0.15, -0.1) is 0 Å². The van der Waals surface area contributed by atoms with Gasteiger partial charge in [-0.25, -0.2) is 0 Å². The highest BCUT2D eigenvalue weighted by Crippen LogP contribution is 2.09. The van der Waals surface area contributed by atoms with Crippen LogP contribution in [-0.4, -0.2) is 12.1 Å². The molecule has 0 aliphatic rings. The van der Waals surface area contributed by atoms with E-state index in [0.717, 1.165) is 19.3 Å². The van der Waals surface area contributed by atoms with Gasteiger partial charge in [0.2, 0.25) is 0 Å². The third kappa shape index (κ3) is 4.37. The van der Waals surface area contributed by atoms with Crippen LogP contribution in [0.4, 0.5) is 0 Å². The fraction of sp³-hybridized carbons (Fsp3) is 0.900. The first-order valence-electron chi connectivity index (χ1n) is 4.82. The molecule has 0 fully saturated rings. The normalized spacial score (nSPS) is 15.3. The van der Waals surface area contributed by atoms with Crippen molar-refractivity contribution >= 4 is 5.97 Å². The third-order valence-electron chi connectivity index (χ3n) is 2.02. The van der Waals surface area contributed by atoms with Gasteiger partial charge < -0.3 is 4.74 Å². The highest BCUT2D eigenvalue weighted by atomic mass is 16.5. The molecule has 0 aromatic carbocycles. The molecular formula is C10H20O2. The largest absolute Gasteiger partial charge is 0.462 e. The zero-order chi connectivity index (χ0) is 9.56. The topological polar surface area (TPSA) is 26.3 Å². The maximum absolute atomic E-state index is 11.3. The second-order valence-electron chi connectivity index (χ2n) is 3.35. The van der Waals surface area contributed by atoms with Crippen molar-refractivity contribution in [2.75, 3.05) is 0 Å². The Hall–Kier alpha value is -0.530. The Morgan fingerprint density at radius 3 is 2.33 bits per heavy atom. The summed E-state index contributed by atoms with van der Waals surface area (Å²) in [6.45, 7) is 7.94. The minimum Gasteiger partial charge on any atom is -0.462 e. The van der Waals surface area contributed by atoms with Gasteiger partial charge in [-0.2, -0.15) is 0 Å². The van der Waals surface area contributed by atoms with Crippen LogP contribution in [0, 0.1) is 5.92 Å². The molecule has 0 unspecified atom stereocenters. The van der Waals surface area contributed by atoms with Crippen molar-refractivity contribution in [3.63, 3.8) is 0 Å². The zero-order valence-electron chi connectivity index (χ0n) is 8.59. The SMILES string of the molecule is CCC[C@@H](C)C(=O)O[C@H](C)CC. The lowest BCUT2D eigenvalue weighted by atomic mass is 10.1. The number of esters is 1. The van der Waals surface area contributed by atoms with E-state index in [0.29, 0.717) is 0 Å². The van der Waals surface area contributed by atoms with Crippen LogP contribution in [0.25, 0.3) is 0 Å². The Morgan fingerprint density at radius 1 is 1.33 bits per heavy atom. The van der Waals surface area contributed by atoms with Crippen molar-refractivity contribution in [2.45, 2.75) is 53.1 Å². The molecule has 0 saturated carbocycles. The molecule has 0 amide bonds. The molecule has 0 heterocycles. The second kappa shape index (κ2) is 6.04. The molecule has 0 radical (unpaired) electrons. The number of carbonyl (C=O) groups is 1. The van der Waals surface area contributed by atoms with Gasteiger partial charge in [-0.3, -0.25) is 4.79 Å². The molecule has 0 rings (SSSR count). The monoisotopic (exact) mass is 172 g/mol. The number of rotatable bonds is 5. The Morgan fingerprint density at radius 2 is 1.92 bits per heavy atom. The molecule has 2 atom stereocenters. The van der Waals surface area contributed by atoms with Gasteiger partial charge in [0.15, 0.2) is 0 Å². The summed E-state index contributed by atoms with van der Waals surface area (Å²) >= 11 is 0. The third-order valence-corrected chi connectivity index (χ3v) is 2.02. The van der Waals surface area contributed by atoms with Crippen LogP contribution in [0.3, 0.4) is 0 Å². The number of hydrogen-bond donors (Lipinski definition) is 0. The first-order valence-corrected chi connectivity index (χ1v) is 4.82. The lowest BCUT2D eigenvalue weighted by Crippen LogP contribution is -2.20. The molecule has 72 valence electrons. The van der Waals surface area contributed by atoms with E-state index in [9.17, 15) is 4.79 Å². The summed E-state index contributed by atoms with van der Waals surface area (Å²) in [6.07, 6.45) is 2.92. The minimum absolute atomic E-state index is 0.0498. The van der Waals surface area contributed by atoms with Crippen LogP contribution in [0.2, 0.25) is 0 Å². The van der Waals surface area contributed by atoms with E-state index in [4.69, 9.17) is 4.74 Å². The van der Waals surface area contributed by atoms with Crippen LogP contribution in [0.1, 0.15) is 47.0 Å². The molecule has 0 aromatic heterocycles. The van der Waals surface area contributed by atoms with Gasteiger partial charge in [0.1, 0.15) is 0 Å². The molecule has 0 bridgehead atoms. The van der Waals surface area contributed by atoms with Crippen LogP contribution in [-0.2, 0) is 9.53 Å². The standard InChI is InChI=1S/C10H20O2/c1-5-7-8(3)10(11)12-9(4)6-2/h8-9H,5-7H2,1-4H3/t8-,9-/m1/s1. The smallest absolute Gasteiger partial charge is 0.308 e. The number of hydrogen-bond acceptors (Lipinski definition) is 2. The van der Waals surface area contributed by atoms with Gasteiger partial charge in [0.25, 0.3) is 0 Å². The molecule has 0 saturated heterocycles. The Kier molecular flexibility index (Phi) is 5.77. The quantitative estimate of drug-likeness (QED) is 0.596. The molecule has 12 heavy (non-hydrogen) atoms. The molecule has 0 aromatic rings. The Bertz CT molecular complexity index is 132. The molecule has 0 spiro atoms. The maximum atomic E-state index is 11.3. The van der Waals surface area contributed by atoms with Crippen molar-refractivity contribution in [2.24, 2.45) is 5.92 Å². The summed E-state index contributed by atoms with van der Waals surface area (Å²) in [6, 6.07) is 0. The highest BCUT2D eigenvalue weighted by Gasteiger charge is 2.15. The van der Waals surface area contributed by atoms with Crippen molar-refractivity contribution < 1.29 is 9.53 Å². The summed E-state index contributed by atoms with van der Waals surface area (Å²) in [4.78, 5) is 11.3. The predicted molar refractivity (Wildman–Crippen MR) is 49.9 cm³/mol. The van der Waals surface area contributed by atoms with Gasteiger partial charge >= 0.3 is 5.97 Å². The van der Waals surface area contributed by atoms with E-state index in [1.54, 1.807) is 0 Å². The molecular weight excluding hydrogens is 152 g/mol. The molecule has 2 heteroatoms. The van der Waals surface area contributed by atoms with Crippen molar-refractivity contribution in [3.05, 3.63) is 0 Å². The minimum atomic E-state index is -0.0498. The number of carbonyl (C=O) groups excluding carboxylic acids is 1. The van der Waals surface area contributed by atoms with Crippen molar-refractivity contribution in [1.82, 2.24) is 0 Å². The van der Waals surface area contributed by atoms with Crippen LogP contribution < -0.4 is 0 Å². The Labute approximate surface area is 75.3 Å². The first kappa shape index (κ1) is 11.5. The van der Waals surface area contributed by atoms with Gasteiger partial charge in [-0.05, 0) is 19.8 Å². The highest BCUT2D eigenvalue weighted by molar-refractivity contribution is 5.72. The molecule has 0 aliphatic carbocycles. The lowest BCUT2D eigenvalue weighted by molar-refractivity contribution is -0.152.